The Hall–Kier alpha value is -2.44. The number of hydrogen-bond donors (Lipinski definition) is 0. The molecule has 4 rings (SSSR count). The molecule has 1 heterocycles. The number of sulfone groups is 1. The zero-order chi connectivity index (χ0) is 19.9. The lowest BCUT2D eigenvalue weighted by atomic mass is 9.94. The quantitative estimate of drug-likeness (QED) is 0.556. The van der Waals surface area contributed by atoms with Crippen LogP contribution in [0.15, 0.2) is 58.1 Å². The van der Waals surface area contributed by atoms with E-state index < -0.39 is 9.84 Å². The molecule has 1 aliphatic carbocycles. The van der Waals surface area contributed by atoms with Crippen LogP contribution in [0.25, 0.3) is 0 Å². The first-order valence-corrected chi connectivity index (χ1v) is 11.2. The summed E-state index contributed by atoms with van der Waals surface area (Å²) in [7, 11) is -3.40. The molecule has 0 spiro atoms. The second kappa shape index (κ2) is 7.18. The van der Waals surface area contributed by atoms with Crippen molar-refractivity contribution in [1.29, 1.82) is 0 Å². The highest BCUT2D eigenvalue weighted by atomic mass is 35.5. The first-order chi connectivity index (χ1) is 13.3. The molecule has 0 amide bonds. The molecule has 3 aromatic rings. The minimum absolute atomic E-state index is 0.175. The van der Waals surface area contributed by atoms with E-state index in [1.807, 2.05) is 12.1 Å². The van der Waals surface area contributed by atoms with E-state index in [2.05, 4.69) is 5.16 Å². The number of aromatic nitrogens is 1. The summed E-state index contributed by atoms with van der Waals surface area (Å²) in [5.74, 6) is 0.0598. The Morgan fingerprint density at radius 3 is 2.64 bits per heavy atom. The molecule has 1 saturated carbocycles. The van der Waals surface area contributed by atoms with Crippen molar-refractivity contribution >= 4 is 27.2 Å². The molecular weight excluding hydrogens is 398 g/mol. The van der Waals surface area contributed by atoms with Crippen LogP contribution in [0.3, 0.4) is 0 Å². The highest BCUT2D eigenvalue weighted by Crippen LogP contribution is 2.41. The van der Waals surface area contributed by atoms with Crippen LogP contribution in [0.2, 0.25) is 5.02 Å². The summed E-state index contributed by atoms with van der Waals surface area (Å²) in [6, 6.07) is 11.9. The van der Waals surface area contributed by atoms with Gasteiger partial charge in [0, 0.05) is 22.8 Å². The third-order valence-electron chi connectivity index (χ3n) is 4.84. The van der Waals surface area contributed by atoms with Gasteiger partial charge in [0.25, 0.3) is 0 Å². The summed E-state index contributed by atoms with van der Waals surface area (Å²) >= 11 is 6.08. The standard InChI is InChI=1S/C21H18ClNO4S/c1-28(25,26)17-7-8-18(15(11-17)9-13-3-2-4-16(22)10-13)21(24)19-12-27-23-20(19)14-5-6-14/h2-4,7-8,10-12,14H,5-6,9H2,1H3. The van der Waals surface area contributed by atoms with Gasteiger partial charge in [-0.2, -0.15) is 0 Å². The van der Waals surface area contributed by atoms with Gasteiger partial charge < -0.3 is 4.52 Å². The predicted molar refractivity (Wildman–Crippen MR) is 106 cm³/mol. The number of hydrogen-bond acceptors (Lipinski definition) is 5. The van der Waals surface area contributed by atoms with Crippen LogP contribution < -0.4 is 0 Å². The monoisotopic (exact) mass is 415 g/mol. The molecule has 28 heavy (non-hydrogen) atoms. The zero-order valence-electron chi connectivity index (χ0n) is 15.2. The summed E-state index contributed by atoms with van der Waals surface area (Å²) in [4.78, 5) is 13.4. The summed E-state index contributed by atoms with van der Waals surface area (Å²) in [6.45, 7) is 0. The predicted octanol–water partition coefficient (Wildman–Crippen LogP) is 4.43. The summed E-state index contributed by atoms with van der Waals surface area (Å²) in [5.41, 5.74) is 3.09. The minimum atomic E-state index is -3.40. The summed E-state index contributed by atoms with van der Waals surface area (Å²) in [5, 5.41) is 4.58. The van der Waals surface area contributed by atoms with Crippen LogP contribution in [0, 0.1) is 0 Å². The first kappa shape index (κ1) is 18.9. The third kappa shape index (κ3) is 3.88. The number of carbonyl (C=O) groups excluding carboxylic acids is 1. The van der Waals surface area contributed by atoms with E-state index in [4.69, 9.17) is 16.1 Å². The fourth-order valence-electron chi connectivity index (χ4n) is 3.25. The lowest BCUT2D eigenvalue weighted by Crippen LogP contribution is -2.09. The fourth-order valence-corrected chi connectivity index (χ4v) is 4.13. The van der Waals surface area contributed by atoms with Gasteiger partial charge in [-0.25, -0.2) is 8.42 Å². The Balaban J connectivity index is 1.79. The third-order valence-corrected chi connectivity index (χ3v) is 6.18. The number of rotatable bonds is 6. The topological polar surface area (TPSA) is 77.2 Å². The Morgan fingerprint density at radius 1 is 1.18 bits per heavy atom. The highest BCUT2D eigenvalue weighted by molar-refractivity contribution is 7.90. The van der Waals surface area contributed by atoms with Crippen LogP contribution >= 0.6 is 11.6 Å². The lowest BCUT2D eigenvalue weighted by Gasteiger charge is -2.11. The van der Waals surface area contributed by atoms with E-state index in [-0.39, 0.29) is 16.6 Å². The molecule has 0 radical (unpaired) electrons. The van der Waals surface area contributed by atoms with Gasteiger partial charge in [0.1, 0.15) is 6.26 Å². The average Bonchev–Trinajstić information content (AvgIpc) is 3.37. The summed E-state index contributed by atoms with van der Waals surface area (Å²) in [6.07, 6.45) is 4.90. The van der Waals surface area contributed by atoms with Gasteiger partial charge in [-0.1, -0.05) is 28.9 Å². The second-order valence-corrected chi connectivity index (χ2v) is 9.57. The number of nitrogens with zero attached hydrogens (tertiary/aromatic N) is 1. The molecule has 1 fully saturated rings. The molecule has 144 valence electrons. The smallest absolute Gasteiger partial charge is 0.198 e. The average molecular weight is 416 g/mol. The van der Waals surface area contributed by atoms with E-state index in [1.54, 1.807) is 24.3 Å². The van der Waals surface area contributed by atoms with Crippen molar-refractivity contribution in [2.45, 2.75) is 30.1 Å². The highest BCUT2D eigenvalue weighted by Gasteiger charge is 2.32. The maximum absolute atomic E-state index is 13.2. The van der Waals surface area contributed by atoms with E-state index in [1.165, 1.54) is 12.3 Å². The second-order valence-electron chi connectivity index (χ2n) is 7.11. The van der Waals surface area contributed by atoms with Crippen molar-refractivity contribution in [3.8, 4) is 0 Å². The molecule has 0 saturated heterocycles. The van der Waals surface area contributed by atoms with E-state index in [0.717, 1.165) is 24.7 Å². The fraction of sp³-hybridized carbons (Fsp3) is 0.238. The van der Waals surface area contributed by atoms with Gasteiger partial charge in [0.2, 0.25) is 0 Å². The van der Waals surface area contributed by atoms with Gasteiger partial charge in [0.05, 0.1) is 16.2 Å². The molecule has 2 aromatic carbocycles. The van der Waals surface area contributed by atoms with Crippen LogP contribution in [-0.4, -0.2) is 25.6 Å². The number of carbonyl (C=O) groups is 1. The summed E-state index contributed by atoms with van der Waals surface area (Å²) < 4.78 is 29.1. The first-order valence-electron chi connectivity index (χ1n) is 8.89. The normalized spacial score (nSPS) is 14.2. The van der Waals surface area contributed by atoms with Crippen molar-refractivity contribution in [1.82, 2.24) is 5.16 Å². The van der Waals surface area contributed by atoms with Gasteiger partial charge in [-0.05, 0) is 60.7 Å². The number of halogens is 1. The molecule has 5 nitrogen and oxygen atoms in total. The van der Waals surface area contributed by atoms with Crippen molar-refractivity contribution < 1.29 is 17.7 Å². The van der Waals surface area contributed by atoms with Gasteiger partial charge in [0.15, 0.2) is 15.6 Å². The number of benzene rings is 2. The van der Waals surface area contributed by atoms with Crippen LogP contribution in [0.4, 0.5) is 0 Å². The Kier molecular flexibility index (Phi) is 4.85. The van der Waals surface area contributed by atoms with Crippen LogP contribution in [-0.2, 0) is 16.3 Å². The molecular formula is C21H18ClNO4S. The van der Waals surface area contributed by atoms with E-state index in [0.29, 0.717) is 33.8 Å². The van der Waals surface area contributed by atoms with E-state index >= 15 is 0 Å². The molecule has 7 heteroatoms. The van der Waals surface area contributed by atoms with E-state index in [9.17, 15) is 13.2 Å². The Bertz CT molecular complexity index is 1160. The van der Waals surface area contributed by atoms with Crippen molar-refractivity contribution in [3.63, 3.8) is 0 Å². The Morgan fingerprint density at radius 2 is 1.96 bits per heavy atom. The van der Waals surface area contributed by atoms with Crippen LogP contribution in [0.1, 0.15) is 51.5 Å². The Labute approximate surface area is 168 Å². The largest absolute Gasteiger partial charge is 0.364 e. The lowest BCUT2D eigenvalue weighted by molar-refractivity contribution is 0.103. The van der Waals surface area contributed by atoms with Crippen LogP contribution in [0.5, 0.6) is 0 Å². The van der Waals surface area contributed by atoms with Crippen molar-refractivity contribution in [2.24, 2.45) is 0 Å². The molecule has 1 aromatic heterocycles. The molecule has 1 aliphatic rings. The SMILES string of the molecule is CS(=O)(=O)c1ccc(C(=O)c2conc2C2CC2)c(Cc2cccc(Cl)c2)c1. The molecule has 0 N–H and O–H groups in total. The minimum Gasteiger partial charge on any atom is -0.364 e. The maximum atomic E-state index is 13.2. The van der Waals surface area contributed by atoms with Gasteiger partial charge in [-0.15, -0.1) is 0 Å². The number of ketones is 1. The molecule has 0 atom stereocenters. The molecule has 0 bridgehead atoms. The van der Waals surface area contributed by atoms with Gasteiger partial charge in [-0.3, -0.25) is 4.79 Å². The zero-order valence-corrected chi connectivity index (χ0v) is 16.8. The van der Waals surface area contributed by atoms with Gasteiger partial charge >= 0.3 is 0 Å². The maximum Gasteiger partial charge on any atom is 0.198 e. The van der Waals surface area contributed by atoms with Crippen molar-refractivity contribution in [2.75, 3.05) is 6.26 Å². The molecule has 0 unspecified atom stereocenters. The van der Waals surface area contributed by atoms with Crippen molar-refractivity contribution in [3.05, 3.63) is 81.7 Å². The molecule has 0 aliphatic heterocycles.